The van der Waals surface area contributed by atoms with Crippen molar-refractivity contribution in [2.45, 2.75) is 26.5 Å². The Kier molecular flexibility index (Phi) is 5.95. The lowest BCUT2D eigenvalue weighted by molar-refractivity contribution is -0.138. The van der Waals surface area contributed by atoms with Crippen molar-refractivity contribution in [2.24, 2.45) is 0 Å². The summed E-state index contributed by atoms with van der Waals surface area (Å²) < 4.78 is 5.66. The average Bonchev–Trinajstić information content (AvgIpc) is 2.58. The van der Waals surface area contributed by atoms with Crippen molar-refractivity contribution in [1.29, 1.82) is 0 Å². The molecule has 2 aromatic carbocycles. The summed E-state index contributed by atoms with van der Waals surface area (Å²) >= 11 is 0. The topological polar surface area (TPSA) is 66.8 Å². The molecule has 0 saturated heterocycles. The van der Waals surface area contributed by atoms with E-state index in [0.29, 0.717) is 12.2 Å². The van der Waals surface area contributed by atoms with Crippen molar-refractivity contribution in [3.05, 3.63) is 65.7 Å². The van der Waals surface area contributed by atoms with Gasteiger partial charge in [-0.15, -0.1) is 0 Å². The average molecular weight is 327 g/mol. The summed E-state index contributed by atoms with van der Waals surface area (Å²) in [6, 6.07) is 16.3. The van der Waals surface area contributed by atoms with Gasteiger partial charge in [-0.1, -0.05) is 30.3 Å². The Hall–Kier alpha value is -2.82. The number of hydrogen-bond donors (Lipinski definition) is 1. The van der Waals surface area contributed by atoms with Gasteiger partial charge in [0.1, 0.15) is 18.9 Å². The molecule has 126 valence electrons. The van der Waals surface area contributed by atoms with Gasteiger partial charge in [0.05, 0.1) is 0 Å². The highest BCUT2D eigenvalue weighted by atomic mass is 16.5. The lowest BCUT2D eigenvalue weighted by Crippen LogP contribution is -2.40. The highest BCUT2D eigenvalue weighted by Gasteiger charge is 2.21. The van der Waals surface area contributed by atoms with Gasteiger partial charge in [0.15, 0.2) is 0 Å². The van der Waals surface area contributed by atoms with E-state index in [0.717, 1.165) is 11.3 Å². The first-order valence-electron chi connectivity index (χ1n) is 7.77. The smallest absolute Gasteiger partial charge is 0.323 e. The normalized spacial score (nSPS) is 10.5. The van der Waals surface area contributed by atoms with Crippen molar-refractivity contribution in [2.75, 3.05) is 6.54 Å². The number of para-hydroxylation sites is 1. The highest BCUT2D eigenvalue weighted by molar-refractivity contribution is 5.96. The Balaban J connectivity index is 2.02. The molecule has 0 spiro atoms. The first-order chi connectivity index (χ1) is 11.5. The minimum Gasteiger partial charge on any atom is -0.489 e. The van der Waals surface area contributed by atoms with Crippen LogP contribution in [0, 0.1) is 0 Å². The van der Waals surface area contributed by atoms with E-state index in [9.17, 15) is 9.59 Å². The Morgan fingerprint density at radius 1 is 1.04 bits per heavy atom. The van der Waals surface area contributed by atoms with E-state index in [1.165, 1.54) is 4.90 Å². The van der Waals surface area contributed by atoms with Crippen molar-refractivity contribution in [3.63, 3.8) is 0 Å². The van der Waals surface area contributed by atoms with Crippen LogP contribution in [0.5, 0.6) is 5.75 Å². The molecule has 24 heavy (non-hydrogen) atoms. The highest BCUT2D eigenvalue weighted by Crippen LogP contribution is 2.14. The van der Waals surface area contributed by atoms with Crippen LogP contribution in [0.3, 0.4) is 0 Å². The first-order valence-corrected chi connectivity index (χ1v) is 7.77. The number of nitrogens with zero attached hydrogens (tertiary/aromatic N) is 1. The van der Waals surface area contributed by atoms with Gasteiger partial charge in [-0.05, 0) is 43.7 Å². The molecule has 0 heterocycles. The zero-order valence-electron chi connectivity index (χ0n) is 13.8. The molecule has 0 unspecified atom stereocenters. The van der Waals surface area contributed by atoms with Gasteiger partial charge < -0.3 is 14.7 Å². The molecule has 0 aromatic heterocycles. The third-order valence-corrected chi connectivity index (χ3v) is 3.54. The number of ether oxygens (including phenoxy) is 1. The predicted octanol–water partition coefficient (Wildman–Crippen LogP) is 3.20. The van der Waals surface area contributed by atoms with E-state index in [1.807, 2.05) is 42.5 Å². The number of rotatable bonds is 7. The molecule has 0 aliphatic carbocycles. The Labute approximate surface area is 141 Å². The van der Waals surface area contributed by atoms with Crippen molar-refractivity contribution < 1.29 is 19.4 Å². The molecule has 5 nitrogen and oxygen atoms in total. The summed E-state index contributed by atoms with van der Waals surface area (Å²) in [5, 5.41) is 8.94. The molecule has 0 bridgehead atoms. The molecule has 0 saturated carbocycles. The van der Waals surface area contributed by atoms with E-state index >= 15 is 0 Å². The second kappa shape index (κ2) is 8.15. The monoisotopic (exact) mass is 327 g/mol. The molecule has 0 radical (unpaired) electrons. The van der Waals surface area contributed by atoms with Gasteiger partial charge in [0.25, 0.3) is 5.91 Å². The SMILES string of the molecule is CC(C)N(CC(=O)O)C(=O)c1ccc(COc2ccccc2)cc1. The molecule has 5 heteroatoms. The van der Waals surface area contributed by atoms with Crippen LogP contribution in [0.25, 0.3) is 0 Å². The van der Waals surface area contributed by atoms with E-state index in [4.69, 9.17) is 9.84 Å². The second-order valence-corrected chi connectivity index (χ2v) is 5.72. The maximum atomic E-state index is 12.4. The van der Waals surface area contributed by atoms with Gasteiger partial charge in [0.2, 0.25) is 0 Å². The van der Waals surface area contributed by atoms with Crippen LogP contribution in [-0.2, 0) is 11.4 Å². The quantitative estimate of drug-likeness (QED) is 0.848. The summed E-state index contributed by atoms with van der Waals surface area (Å²) in [6.07, 6.45) is 0. The fourth-order valence-electron chi connectivity index (χ4n) is 2.23. The number of carboxylic acid groups (broad SMARTS) is 1. The van der Waals surface area contributed by atoms with Crippen LogP contribution in [0.15, 0.2) is 54.6 Å². The number of carbonyl (C=O) groups is 2. The first kappa shape index (κ1) is 17.5. The van der Waals surface area contributed by atoms with Crippen LogP contribution < -0.4 is 4.74 Å². The maximum Gasteiger partial charge on any atom is 0.323 e. The van der Waals surface area contributed by atoms with E-state index < -0.39 is 5.97 Å². The summed E-state index contributed by atoms with van der Waals surface area (Å²) in [4.78, 5) is 24.7. The van der Waals surface area contributed by atoms with E-state index in [1.54, 1.807) is 26.0 Å². The van der Waals surface area contributed by atoms with E-state index in [2.05, 4.69) is 0 Å². The van der Waals surface area contributed by atoms with Crippen LogP contribution >= 0.6 is 0 Å². The van der Waals surface area contributed by atoms with Crippen molar-refractivity contribution in [3.8, 4) is 5.75 Å². The number of aliphatic carboxylic acids is 1. The van der Waals surface area contributed by atoms with Crippen molar-refractivity contribution in [1.82, 2.24) is 4.90 Å². The number of carbonyl (C=O) groups excluding carboxylic acids is 1. The standard InChI is InChI=1S/C19H21NO4/c1-14(2)20(12-18(21)22)19(23)16-10-8-15(9-11-16)13-24-17-6-4-3-5-7-17/h3-11,14H,12-13H2,1-2H3,(H,21,22). The summed E-state index contributed by atoms with van der Waals surface area (Å²) in [7, 11) is 0. The molecule has 2 aromatic rings. The van der Waals surface area contributed by atoms with Gasteiger partial charge in [-0.3, -0.25) is 9.59 Å². The number of amides is 1. The Bertz CT molecular complexity index is 680. The molecular weight excluding hydrogens is 306 g/mol. The molecule has 0 aliphatic heterocycles. The maximum absolute atomic E-state index is 12.4. The number of benzene rings is 2. The number of carboxylic acids is 1. The molecule has 0 fully saturated rings. The molecule has 2 rings (SSSR count). The Morgan fingerprint density at radius 2 is 1.67 bits per heavy atom. The summed E-state index contributed by atoms with van der Waals surface area (Å²) in [5.41, 5.74) is 1.40. The van der Waals surface area contributed by atoms with Crippen LogP contribution in [-0.4, -0.2) is 34.5 Å². The third-order valence-electron chi connectivity index (χ3n) is 3.54. The lowest BCUT2D eigenvalue weighted by atomic mass is 10.1. The minimum absolute atomic E-state index is 0.185. The van der Waals surface area contributed by atoms with Crippen LogP contribution in [0.4, 0.5) is 0 Å². The zero-order chi connectivity index (χ0) is 17.5. The molecule has 1 amide bonds. The van der Waals surface area contributed by atoms with Gasteiger partial charge in [-0.2, -0.15) is 0 Å². The third kappa shape index (κ3) is 4.84. The molecular formula is C19H21NO4. The molecule has 1 N–H and O–H groups in total. The predicted molar refractivity (Wildman–Crippen MR) is 91.0 cm³/mol. The largest absolute Gasteiger partial charge is 0.489 e. The van der Waals surface area contributed by atoms with Crippen LogP contribution in [0.1, 0.15) is 29.8 Å². The zero-order valence-corrected chi connectivity index (χ0v) is 13.8. The molecule has 0 atom stereocenters. The Morgan fingerprint density at radius 3 is 2.21 bits per heavy atom. The van der Waals surface area contributed by atoms with Gasteiger partial charge in [0, 0.05) is 11.6 Å². The van der Waals surface area contributed by atoms with Crippen molar-refractivity contribution >= 4 is 11.9 Å². The number of hydrogen-bond acceptors (Lipinski definition) is 3. The fraction of sp³-hybridized carbons (Fsp3) is 0.263. The minimum atomic E-state index is -1.02. The summed E-state index contributed by atoms with van der Waals surface area (Å²) in [6.45, 7) is 3.68. The lowest BCUT2D eigenvalue weighted by Gasteiger charge is -2.25. The van der Waals surface area contributed by atoms with Gasteiger partial charge >= 0.3 is 5.97 Å². The van der Waals surface area contributed by atoms with Crippen LogP contribution in [0.2, 0.25) is 0 Å². The van der Waals surface area contributed by atoms with Gasteiger partial charge in [-0.25, -0.2) is 0 Å². The summed E-state index contributed by atoms with van der Waals surface area (Å²) in [5.74, 6) is -0.530. The molecule has 0 aliphatic rings. The van der Waals surface area contributed by atoms with E-state index in [-0.39, 0.29) is 18.5 Å². The fourth-order valence-corrected chi connectivity index (χ4v) is 2.23. The second-order valence-electron chi connectivity index (χ2n) is 5.72.